The van der Waals surface area contributed by atoms with Crippen LogP contribution in [-0.2, 0) is 0 Å². The molecule has 0 spiro atoms. The fourth-order valence-corrected chi connectivity index (χ4v) is 23.4. The first-order valence-electron chi connectivity index (χ1n) is 14.0. The number of rotatable bonds is 0. The Morgan fingerprint density at radius 2 is 0.222 bits per heavy atom. The third kappa shape index (κ3) is 65.3. The quantitative estimate of drug-likeness (QED) is 0.217. The van der Waals surface area contributed by atoms with Crippen molar-refractivity contribution in [2.75, 3.05) is 0 Å². The standard InChI is InChI=1S/4C8H18Ge/c4*1-7(2,3)9-8(4,5)6/h4*1-6H3. The van der Waals surface area contributed by atoms with Gasteiger partial charge in [0.05, 0.1) is 0 Å². The summed E-state index contributed by atoms with van der Waals surface area (Å²) in [6.45, 7) is 56.3. The zero-order chi connectivity index (χ0) is 30.8. The molecule has 0 atom stereocenters. The van der Waals surface area contributed by atoms with Crippen LogP contribution in [0, 0.1) is 0 Å². The molecule has 0 bridgehead atoms. The summed E-state index contributed by atoms with van der Waals surface area (Å²) in [5.74, 6) is 0. The van der Waals surface area contributed by atoms with E-state index in [1.54, 1.807) is 0 Å². The average Bonchev–Trinajstić information content (AvgIpc) is 2.19. The maximum absolute atomic E-state index is 2.35. The normalized spacial score (nSPS) is 14.0. The third-order valence-corrected chi connectivity index (χ3v) is 15.6. The van der Waals surface area contributed by atoms with E-state index < -0.39 is 0 Å². The van der Waals surface area contributed by atoms with Crippen molar-refractivity contribution in [2.24, 2.45) is 0 Å². The summed E-state index contributed by atoms with van der Waals surface area (Å²) in [7, 11) is 0. The van der Waals surface area contributed by atoms with E-state index in [-0.39, 0.29) is 61.7 Å². The monoisotopic (exact) mass is 752 g/mol. The first kappa shape index (κ1) is 45.2. The van der Waals surface area contributed by atoms with Gasteiger partial charge in [-0.1, -0.05) is 0 Å². The summed E-state index contributed by atoms with van der Waals surface area (Å²) in [6, 6.07) is 0. The minimum atomic E-state index is 0.208. The molecule has 0 unspecified atom stereocenters. The van der Waals surface area contributed by atoms with E-state index in [0.717, 1.165) is 0 Å². The third-order valence-electron chi connectivity index (χ3n) is 3.00. The molecule has 8 radical (unpaired) electrons. The van der Waals surface area contributed by atoms with E-state index in [9.17, 15) is 0 Å². The molecule has 0 heterocycles. The summed E-state index contributed by atoms with van der Waals surface area (Å²) in [5.41, 5.74) is 0. The van der Waals surface area contributed by atoms with Crippen LogP contribution in [0.4, 0.5) is 0 Å². The average molecular weight is 747 g/mol. The van der Waals surface area contributed by atoms with E-state index in [4.69, 9.17) is 0 Å². The van der Waals surface area contributed by atoms with Gasteiger partial charge in [-0.25, -0.2) is 0 Å². The molecule has 0 N–H and O–H groups in total. The Kier molecular flexibility index (Phi) is 20.8. The number of hydrogen-bond acceptors (Lipinski definition) is 0. The van der Waals surface area contributed by atoms with Crippen LogP contribution in [0.2, 0.25) is 34.0 Å². The molecule has 0 saturated carbocycles. The predicted molar refractivity (Wildman–Crippen MR) is 181 cm³/mol. The first-order valence-corrected chi connectivity index (χ1v) is 22.4. The van der Waals surface area contributed by atoms with Crippen molar-refractivity contribution < 1.29 is 0 Å². The Labute approximate surface area is 259 Å². The van der Waals surface area contributed by atoms with Crippen LogP contribution in [0.15, 0.2) is 0 Å². The molecular formula is C32H72Ge4. The van der Waals surface area contributed by atoms with Crippen LogP contribution in [0.3, 0.4) is 0 Å². The van der Waals surface area contributed by atoms with Gasteiger partial charge in [0.1, 0.15) is 0 Å². The van der Waals surface area contributed by atoms with Crippen molar-refractivity contribution in [3.63, 3.8) is 0 Å². The molecule has 0 aliphatic carbocycles. The van der Waals surface area contributed by atoms with Crippen LogP contribution >= 0.6 is 0 Å². The fraction of sp³-hybridized carbons (Fsp3) is 1.00. The van der Waals surface area contributed by atoms with Crippen LogP contribution in [-0.4, -0.2) is 61.7 Å². The minimum absolute atomic E-state index is 0.208. The van der Waals surface area contributed by atoms with E-state index in [2.05, 4.69) is 166 Å². The molecule has 0 aromatic heterocycles. The second kappa shape index (κ2) is 16.6. The summed E-state index contributed by atoms with van der Waals surface area (Å²) < 4.78 is 4.88. The van der Waals surface area contributed by atoms with E-state index in [1.165, 1.54) is 0 Å². The van der Waals surface area contributed by atoms with Gasteiger partial charge >= 0.3 is 262 Å². The van der Waals surface area contributed by atoms with Crippen molar-refractivity contribution in [1.29, 1.82) is 0 Å². The molecule has 216 valence electrons. The SMILES string of the molecule is C[C](C)(C)[Ge][C](C)(C)C.C[C](C)(C)[Ge][C](C)(C)C.C[C](C)(C)[Ge][C](C)(C)C.C[C](C)(C)[Ge][C](C)(C)C. The second-order valence-electron chi connectivity index (χ2n) is 18.5. The van der Waals surface area contributed by atoms with Gasteiger partial charge in [0.15, 0.2) is 0 Å². The van der Waals surface area contributed by atoms with Crippen LogP contribution in [0.25, 0.3) is 0 Å². The molecule has 0 aliphatic rings. The van der Waals surface area contributed by atoms with Crippen molar-refractivity contribution in [1.82, 2.24) is 0 Å². The molecule has 0 aliphatic heterocycles. The van der Waals surface area contributed by atoms with Crippen LogP contribution < -0.4 is 0 Å². The Morgan fingerprint density at radius 1 is 0.167 bits per heavy atom. The molecule has 36 heavy (non-hydrogen) atoms. The molecular weight excluding hydrogens is 675 g/mol. The number of hydrogen-bond donors (Lipinski definition) is 0. The molecule has 0 saturated heterocycles. The zero-order valence-electron chi connectivity index (χ0n) is 30.0. The zero-order valence-corrected chi connectivity index (χ0v) is 38.4. The van der Waals surface area contributed by atoms with Gasteiger partial charge in [-0.15, -0.1) is 0 Å². The summed E-state index contributed by atoms with van der Waals surface area (Å²) in [5, 5.41) is 0. The molecule has 4 heteroatoms. The van der Waals surface area contributed by atoms with Gasteiger partial charge in [0.25, 0.3) is 0 Å². The van der Waals surface area contributed by atoms with Gasteiger partial charge in [-0.05, 0) is 0 Å². The fourth-order valence-electron chi connectivity index (χ4n) is 4.50. The van der Waals surface area contributed by atoms with E-state index in [0.29, 0.717) is 34.0 Å². The molecule has 0 amide bonds. The van der Waals surface area contributed by atoms with E-state index in [1.807, 2.05) is 0 Å². The molecule has 0 nitrogen and oxygen atoms in total. The maximum atomic E-state index is 2.35. The van der Waals surface area contributed by atoms with Crippen molar-refractivity contribution >= 4 is 61.7 Å². The first-order chi connectivity index (χ1) is 14.8. The van der Waals surface area contributed by atoms with Crippen LogP contribution in [0.1, 0.15) is 166 Å². The summed E-state index contributed by atoms with van der Waals surface area (Å²) in [6.07, 6.45) is 0. The Bertz CT molecular complexity index is 383. The van der Waals surface area contributed by atoms with Gasteiger partial charge < -0.3 is 0 Å². The van der Waals surface area contributed by atoms with E-state index >= 15 is 0 Å². The van der Waals surface area contributed by atoms with Crippen LogP contribution in [0.5, 0.6) is 0 Å². The Balaban J connectivity index is -0.000000190. The van der Waals surface area contributed by atoms with Gasteiger partial charge in [0, 0.05) is 0 Å². The van der Waals surface area contributed by atoms with Crippen molar-refractivity contribution in [3.05, 3.63) is 0 Å². The van der Waals surface area contributed by atoms with Gasteiger partial charge in [0.2, 0.25) is 0 Å². The predicted octanol–water partition coefficient (Wildman–Crippen LogP) is 12.5. The molecule has 0 aromatic carbocycles. The topological polar surface area (TPSA) is 0 Å². The van der Waals surface area contributed by atoms with Crippen molar-refractivity contribution in [3.8, 4) is 0 Å². The Hall–Kier alpha value is 2.17. The summed E-state index contributed by atoms with van der Waals surface area (Å²) >= 11 is 0.833. The molecule has 0 aromatic rings. The summed E-state index contributed by atoms with van der Waals surface area (Å²) in [4.78, 5) is 0. The molecule has 0 fully saturated rings. The van der Waals surface area contributed by atoms with Gasteiger partial charge in [-0.2, -0.15) is 0 Å². The Morgan fingerprint density at radius 3 is 0.222 bits per heavy atom. The molecule has 0 rings (SSSR count). The van der Waals surface area contributed by atoms with Gasteiger partial charge in [-0.3, -0.25) is 0 Å². The van der Waals surface area contributed by atoms with Crippen molar-refractivity contribution in [2.45, 2.75) is 200 Å². The second-order valence-corrected chi connectivity index (χ2v) is 45.8.